The average molecular weight is 174 g/mol. The predicted molar refractivity (Wildman–Crippen MR) is 55.7 cm³/mol. The van der Waals surface area contributed by atoms with Crippen LogP contribution in [-0.4, -0.2) is 4.98 Å². The monoisotopic (exact) mass is 174 g/mol. The van der Waals surface area contributed by atoms with Crippen molar-refractivity contribution in [2.24, 2.45) is 5.73 Å². The van der Waals surface area contributed by atoms with E-state index in [2.05, 4.69) is 37.0 Å². The molecule has 0 aliphatic rings. The molecule has 0 radical (unpaired) electrons. The molecule has 2 aromatic rings. The minimum atomic E-state index is 0.583. The van der Waals surface area contributed by atoms with E-state index in [1.54, 1.807) is 0 Å². The molecule has 0 fully saturated rings. The lowest BCUT2D eigenvalue weighted by atomic mass is 10.1. The SMILES string of the molecule is Cc1c(CN)[nH]c2c(C)cccc12. The number of benzene rings is 1. The molecule has 0 spiro atoms. The molecule has 0 saturated carbocycles. The Balaban J connectivity index is 2.83. The van der Waals surface area contributed by atoms with Crippen molar-refractivity contribution < 1.29 is 0 Å². The van der Waals surface area contributed by atoms with Crippen molar-refractivity contribution >= 4 is 10.9 Å². The molecule has 2 nitrogen and oxygen atoms in total. The smallest absolute Gasteiger partial charge is 0.0488 e. The number of aromatic amines is 1. The van der Waals surface area contributed by atoms with E-state index in [1.807, 2.05) is 0 Å². The molecule has 0 aliphatic heterocycles. The van der Waals surface area contributed by atoms with Crippen LogP contribution < -0.4 is 5.73 Å². The minimum Gasteiger partial charge on any atom is -0.357 e. The molecule has 0 aliphatic carbocycles. The first-order valence-corrected chi connectivity index (χ1v) is 4.51. The standard InChI is InChI=1S/C11H14N2/c1-7-4-3-5-9-8(2)10(6-12)13-11(7)9/h3-5,13H,6,12H2,1-2H3. The third kappa shape index (κ3) is 1.14. The highest BCUT2D eigenvalue weighted by Gasteiger charge is 2.06. The van der Waals surface area contributed by atoms with Crippen molar-refractivity contribution in [3.05, 3.63) is 35.0 Å². The summed E-state index contributed by atoms with van der Waals surface area (Å²) in [5.41, 5.74) is 10.6. The molecule has 0 bridgehead atoms. The highest BCUT2D eigenvalue weighted by molar-refractivity contribution is 5.86. The molecular weight excluding hydrogens is 160 g/mol. The molecule has 1 aromatic carbocycles. The Morgan fingerprint density at radius 3 is 2.69 bits per heavy atom. The summed E-state index contributed by atoms with van der Waals surface area (Å²) in [5.74, 6) is 0. The van der Waals surface area contributed by atoms with Gasteiger partial charge in [0.25, 0.3) is 0 Å². The molecule has 1 heterocycles. The fraction of sp³-hybridized carbons (Fsp3) is 0.273. The second-order valence-corrected chi connectivity index (χ2v) is 3.43. The zero-order chi connectivity index (χ0) is 9.42. The summed E-state index contributed by atoms with van der Waals surface area (Å²) < 4.78 is 0. The maximum Gasteiger partial charge on any atom is 0.0488 e. The van der Waals surface area contributed by atoms with Crippen molar-refractivity contribution in [1.29, 1.82) is 0 Å². The van der Waals surface area contributed by atoms with Gasteiger partial charge >= 0.3 is 0 Å². The van der Waals surface area contributed by atoms with Gasteiger partial charge in [0.15, 0.2) is 0 Å². The molecule has 0 atom stereocenters. The van der Waals surface area contributed by atoms with E-state index >= 15 is 0 Å². The quantitative estimate of drug-likeness (QED) is 0.684. The van der Waals surface area contributed by atoms with Crippen LogP contribution in [-0.2, 0) is 6.54 Å². The van der Waals surface area contributed by atoms with E-state index in [9.17, 15) is 0 Å². The number of hydrogen-bond donors (Lipinski definition) is 2. The van der Waals surface area contributed by atoms with Gasteiger partial charge in [-0.3, -0.25) is 0 Å². The van der Waals surface area contributed by atoms with E-state index in [0.717, 1.165) is 5.69 Å². The van der Waals surface area contributed by atoms with Crippen molar-refractivity contribution in [2.75, 3.05) is 0 Å². The van der Waals surface area contributed by atoms with Crippen LogP contribution in [0.2, 0.25) is 0 Å². The maximum absolute atomic E-state index is 5.63. The zero-order valence-corrected chi connectivity index (χ0v) is 8.02. The normalized spacial score (nSPS) is 11.0. The third-order valence-corrected chi connectivity index (χ3v) is 2.61. The van der Waals surface area contributed by atoms with Gasteiger partial charge in [-0.2, -0.15) is 0 Å². The molecule has 1 aromatic heterocycles. The van der Waals surface area contributed by atoms with Crippen molar-refractivity contribution in [3.63, 3.8) is 0 Å². The van der Waals surface area contributed by atoms with E-state index in [0.29, 0.717) is 6.54 Å². The molecule has 2 heteroatoms. The largest absolute Gasteiger partial charge is 0.357 e. The Morgan fingerprint density at radius 2 is 2.08 bits per heavy atom. The van der Waals surface area contributed by atoms with Crippen LogP contribution in [0.3, 0.4) is 0 Å². The topological polar surface area (TPSA) is 41.8 Å². The lowest BCUT2D eigenvalue weighted by molar-refractivity contribution is 1.00. The second-order valence-electron chi connectivity index (χ2n) is 3.43. The van der Waals surface area contributed by atoms with Crippen LogP contribution in [0.4, 0.5) is 0 Å². The number of aromatic nitrogens is 1. The van der Waals surface area contributed by atoms with Gasteiger partial charge in [-0.1, -0.05) is 18.2 Å². The molecule has 0 amide bonds. The minimum absolute atomic E-state index is 0.583. The molecule has 3 N–H and O–H groups in total. The van der Waals surface area contributed by atoms with Crippen molar-refractivity contribution in [2.45, 2.75) is 20.4 Å². The molecular formula is C11H14N2. The summed E-state index contributed by atoms with van der Waals surface area (Å²) in [7, 11) is 0. The van der Waals surface area contributed by atoms with Crippen LogP contribution in [0.25, 0.3) is 10.9 Å². The Labute approximate surface area is 77.8 Å². The highest BCUT2D eigenvalue weighted by atomic mass is 14.8. The molecule has 0 saturated heterocycles. The van der Waals surface area contributed by atoms with Gasteiger partial charge in [-0.25, -0.2) is 0 Å². The average Bonchev–Trinajstić information content (AvgIpc) is 2.45. The van der Waals surface area contributed by atoms with Crippen molar-refractivity contribution in [1.82, 2.24) is 4.98 Å². The first kappa shape index (κ1) is 8.32. The van der Waals surface area contributed by atoms with Gasteiger partial charge < -0.3 is 10.7 Å². The van der Waals surface area contributed by atoms with Gasteiger partial charge in [-0.05, 0) is 25.0 Å². The van der Waals surface area contributed by atoms with Crippen LogP contribution in [0.5, 0.6) is 0 Å². The first-order chi connectivity index (χ1) is 6.24. The summed E-state index contributed by atoms with van der Waals surface area (Å²) >= 11 is 0. The van der Waals surface area contributed by atoms with Gasteiger partial charge in [0.05, 0.1) is 0 Å². The van der Waals surface area contributed by atoms with Crippen LogP contribution in [0, 0.1) is 13.8 Å². The van der Waals surface area contributed by atoms with Gasteiger partial charge in [0.1, 0.15) is 0 Å². The van der Waals surface area contributed by atoms with Crippen LogP contribution in [0.15, 0.2) is 18.2 Å². The van der Waals surface area contributed by atoms with E-state index in [-0.39, 0.29) is 0 Å². The van der Waals surface area contributed by atoms with Crippen LogP contribution >= 0.6 is 0 Å². The van der Waals surface area contributed by atoms with Crippen molar-refractivity contribution in [3.8, 4) is 0 Å². The highest BCUT2D eigenvalue weighted by Crippen LogP contribution is 2.23. The number of fused-ring (bicyclic) bond motifs is 1. The Hall–Kier alpha value is -1.28. The number of para-hydroxylation sites is 1. The number of nitrogens with one attached hydrogen (secondary N) is 1. The summed E-state index contributed by atoms with van der Waals surface area (Å²) in [6.45, 7) is 4.80. The van der Waals surface area contributed by atoms with Gasteiger partial charge in [-0.15, -0.1) is 0 Å². The molecule has 68 valence electrons. The number of rotatable bonds is 1. The Morgan fingerprint density at radius 1 is 1.31 bits per heavy atom. The number of H-pyrrole nitrogens is 1. The predicted octanol–water partition coefficient (Wildman–Crippen LogP) is 2.24. The summed E-state index contributed by atoms with van der Waals surface area (Å²) in [5, 5.41) is 1.29. The second kappa shape index (κ2) is 2.89. The Bertz CT molecular complexity index is 441. The summed E-state index contributed by atoms with van der Waals surface area (Å²) in [6.07, 6.45) is 0. The lowest BCUT2D eigenvalue weighted by Gasteiger charge is -1.94. The Kier molecular flexibility index (Phi) is 1.85. The van der Waals surface area contributed by atoms with Crippen LogP contribution in [0.1, 0.15) is 16.8 Å². The third-order valence-electron chi connectivity index (χ3n) is 2.61. The fourth-order valence-corrected chi connectivity index (χ4v) is 1.76. The molecule has 13 heavy (non-hydrogen) atoms. The van der Waals surface area contributed by atoms with E-state index in [1.165, 1.54) is 22.0 Å². The number of hydrogen-bond acceptors (Lipinski definition) is 1. The first-order valence-electron chi connectivity index (χ1n) is 4.51. The van der Waals surface area contributed by atoms with Gasteiger partial charge in [0.2, 0.25) is 0 Å². The number of nitrogens with two attached hydrogens (primary N) is 1. The number of aryl methyl sites for hydroxylation is 2. The summed E-state index contributed by atoms with van der Waals surface area (Å²) in [6, 6.07) is 6.32. The van der Waals surface area contributed by atoms with E-state index in [4.69, 9.17) is 5.73 Å². The molecule has 0 unspecified atom stereocenters. The van der Waals surface area contributed by atoms with E-state index < -0.39 is 0 Å². The van der Waals surface area contributed by atoms with Gasteiger partial charge in [0, 0.05) is 23.1 Å². The lowest BCUT2D eigenvalue weighted by Crippen LogP contribution is -1.97. The summed E-state index contributed by atoms with van der Waals surface area (Å²) in [4.78, 5) is 3.36. The zero-order valence-electron chi connectivity index (χ0n) is 8.02. The fourth-order valence-electron chi connectivity index (χ4n) is 1.76. The maximum atomic E-state index is 5.63. The molecule has 2 rings (SSSR count).